The minimum Gasteiger partial charge on any atom is -0.469 e. The monoisotopic (exact) mass is 250 g/mol. The molecule has 3 nitrogen and oxygen atoms in total. The molecular weight excluding hydrogens is 236 g/mol. The third-order valence-electron chi connectivity index (χ3n) is 4.52. The number of rotatable bonds is 0. The van der Waals surface area contributed by atoms with E-state index in [0.717, 1.165) is 18.8 Å². The van der Waals surface area contributed by atoms with Crippen LogP contribution in [0.25, 0.3) is 0 Å². The highest BCUT2D eigenvalue weighted by atomic mass is 35.5. The van der Waals surface area contributed by atoms with Gasteiger partial charge in [0.2, 0.25) is 5.88 Å². The Morgan fingerprint density at radius 2 is 2.18 bits per heavy atom. The molecule has 0 radical (unpaired) electrons. The topological polar surface area (TPSA) is 25.4 Å². The van der Waals surface area contributed by atoms with Crippen LogP contribution in [0.3, 0.4) is 0 Å². The van der Waals surface area contributed by atoms with Crippen molar-refractivity contribution >= 4 is 11.6 Å². The second-order valence-corrected chi connectivity index (χ2v) is 5.88. The van der Waals surface area contributed by atoms with Gasteiger partial charge in [-0.15, -0.1) is 0 Å². The first kappa shape index (κ1) is 10.2. The number of piperidine rings is 3. The van der Waals surface area contributed by atoms with Gasteiger partial charge in [0.25, 0.3) is 0 Å². The molecular formula is C13H15ClN2O. The summed E-state index contributed by atoms with van der Waals surface area (Å²) in [6.45, 7) is 3.53. The first-order chi connectivity index (χ1) is 8.25. The second-order valence-electron chi connectivity index (χ2n) is 5.49. The molecule has 90 valence electrons. The Hall–Kier alpha value is -0.800. The fourth-order valence-corrected chi connectivity index (χ4v) is 3.80. The average molecular weight is 251 g/mol. The Labute approximate surface area is 106 Å². The summed E-state index contributed by atoms with van der Waals surface area (Å²) in [5, 5.41) is 0.530. The van der Waals surface area contributed by atoms with Gasteiger partial charge in [-0.1, -0.05) is 17.7 Å². The van der Waals surface area contributed by atoms with E-state index in [4.69, 9.17) is 16.3 Å². The normalized spacial score (nSPS) is 38.2. The molecule has 1 aromatic heterocycles. The molecule has 1 unspecified atom stereocenters. The summed E-state index contributed by atoms with van der Waals surface area (Å²) in [6, 6.07) is 3.93. The molecule has 5 heterocycles. The maximum Gasteiger partial charge on any atom is 0.218 e. The second kappa shape index (κ2) is 3.36. The molecule has 0 saturated carbocycles. The van der Waals surface area contributed by atoms with Gasteiger partial charge in [0.05, 0.1) is 0 Å². The summed E-state index contributed by atoms with van der Waals surface area (Å²) in [7, 11) is 0. The number of halogens is 1. The molecule has 5 rings (SSSR count). The number of pyridine rings is 1. The van der Waals surface area contributed by atoms with Crippen molar-refractivity contribution < 1.29 is 4.74 Å². The zero-order valence-electron chi connectivity index (χ0n) is 9.66. The third kappa shape index (κ3) is 1.42. The minimum atomic E-state index is -0.00346. The number of ether oxygens (including phenoxy) is 1. The van der Waals surface area contributed by atoms with Crippen LogP contribution in [0.4, 0.5) is 0 Å². The molecule has 0 amide bonds. The largest absolute Gasteiger partial charge is 0.469 e. The highest BCUT2D eigenvalue weighted by Gasteiger charge is 2.52. The molecule has 4 aliphatic rings. The lowest BCUT2D eigenvalue weighted by Gasteiger charge is -2.50. The molecule has 1 aromatic rings. The molecule has 4 aliphatic heterocycles. The standard InChI is InChI=1S/C13H15ClN2O/c14-11-2-1-9-7-13(17-12(9)15-11)8-16-5-3-10(13)4-6-16/h1-2,10H,3-8H2. The lowest BCUT2D eigenvalue weighted by molar-refractivity contribution is -0.0814. The summed E-state index contributed by atoms with van der Waals surface area (Å²) in [4.78, 5) is 6.83. The van der Waals surface area contributed by atoms with E-state index in [1.54, 1.807) is 0 Å². The molecule has 0 aliphatic carbocycles. The number of aromatic nitrogens is 1. The first-order valence-electron chi connectivity index (χ1n) is 6.32. The Bertz CT molecular complexity index is 470. The Morgan fingerprint density at radius 3 is 2.88 bits per heavy atom. The zero-order valence-corrected chi connectivity index (χ0v) is 10.4. The van der Waals surface area contributed by atoms with Crippen molar-refractivity contribution in [3.63, 3.8) is 0 Å². The van der Waals surface area contributed by atoms with Crippen molar-refractivity contribution in [1.82, 2.24) is 9.88 Å². The lowest BCUT2D eigenvalue weighted by atomic mass is 9.73. The van der Waals surface area contributed by atoms with Crippen LogP contribution in [-0.2, 0) is 6.42 Å². The van der Waals surface area contributed by atoms with Crippen molar-refractivity contribution in [3.05, 3.63) is 22.8 Å². The van der Waals surface area contributed by atoms with Gasteiger partial charge in [-0.05, 0) is 32.0 Å². The molecule has 1 atom stereocenters. The van der Waals surface area contributed by atoms with Crippen molar-refractivity contribution in [2.45, 2.75) is 24.9 Å². The van der Waals surface area contributed by atoms with Gasteiger partial charge in [-0.25, -0.2) is 4.98 Å². The Kier molecular flexibility index (Phi) is 2.01. The van der Waals surface area contributed by atoms with Crippen molar-refractivity contribution in [3.8, 4) is 5.88 Å². The Morgan fingerprint density at radius 1 is 1.35 bits per heavy atom. The predicted octanol–water partition coefficient (Wildman–Crippen LogP) is 2.13. The zero-order chi connectivity index (χ0) is 11.5. The van der Waals surface area contributed by atoms with Gasteiger partial charge in [0.1, 0.15) is 10.8 Å². The van der Waals surface area contributed by atoms with E-state index in [2.05, 4.69) is 16.0 Å². The van der Waals surface area contributed by atoms with Crippen LogP contribution in [0.2, 0.25) is 5.15 Å². The molecule has 3 saturated heterocycles. The average Bonchev–Trinajstić information content (AvgIpc) is 2.67. The molecule has 3 fully saturated rings. The molecule has 1 spiro atoms. The van der Waals surface area contributed by atoms with Gasteiger partial charge in [0, 0.05) is 24.4 Å². The molecule has 0 aromatic carbocycles. The van der Waals surface area contributed by atoms with Gasteiger partial charge in [-0.2, -0.15) is 0 Å². The smallest absolute Gasteiger partial charge is 0.218 e. The van der Waals surface area contributed by atoms with Crippen LogP contribution in [0.5, 0.6) is 5.88 Å². The maximum absolute atomic E-state index is 6.21. The highest BCUT2D eigenvalue weighted by Crippen LogP contribution is 2.46. The third-order valence-corrected chi connectivity index (χ3v) is 4.73. The van der Waals surface area contributed by atoms with Crippen LogP contribution in [-0.4, -0.2) is 35.1 Å². The summed E-state index contributed by atoms with van der Waals surface area (Å²) in [5.74, 6) is 1.46. The van der Waals surface area contributed by atoms with Gasteiger partial charge >= 0.3 is 0 Å². The maximum atomic E-state index is 6.21. The number of hydrogen-bond acceptors (Lipinski definition) is 3. The van der Waals surface area contributed by atoms with E-state index >= 15 is 0 Å². The highest BCUT2D eigenvalue weighted by molar-refractivity contribution is 6.29. The van der Waals surface area contributed by atoms with Gasteiger partial charge < -0.3 is 4.74 Å². The van der Waals surface area contributed by atoms with Crippen molar-refractivity contribution in [2.24, 2.45) is 5.92 Å². The molecule has 17 heavy (non-hydrogen) atoms. The fraction of sp³-hybridized carbons (Fsp3) is 0.615. The predicted molar refractivity (Wildman–Crippen MR) is 65.5 cm³/mol. The SMILES string of the molecule is Clc1ccc2c(n1)OC1(C2)CN2CCC1CC2. The summed E-state index contributed by atoms with van der Waals surface area (Å²) in [5.41, 5.74) is 1.22. The van der Waals surface area contributed by atoms with Gasteiger partial charge in [0.15, 0.2) is 0 Å². The van der Waals surface area contributed by atoms with Crippen LogP contribution >= 0.6 is 11.6 Å². The number of nitrogens with zero attached hydrogens (tertiary/aromatic N) is 2. The Balaban J connectivity index is 1.71. The van der Waals surface area contributed by atoms with Crippen LogP contribution in [0.1, 0.15) is 18.4 Å². The lowest BCUT2D eigenvalue weighted by Crippen LogP contribution is -2.61. The summed E-state index contributed by atoms with van der Waals surface area (Å²) >= 11 is 5.93. The van der Waals surface area contributed by atoms with E-state index in [-0.39, 0.29) is 5.60 Å². The number of hydrogen-bond donors (Lipinski definition) is 0. The molecule has 4 heteroatoms. The van der Waals surface area contributed by atoms with Crippen LogP contribution in [0, 0.1) is 5.92 Å². The molecule has 0 N–H and O–H groups in total. The minimum absolute atomic E-state index is 0.00346. The summed E-state index contributed by atoms with van der Waals surface area (Å²) in [6.07, 6.45) is 3.54. The van der Waals surface area contributed by atoms with E-state index < -0.39 is 0 Å². The van der Waals surface area contributed by atoms with E-state index in [9.17, 15) is 0 Å². The molecule has 2 bridgehead atoms. The van der Waals surface area contributed by atoms with Crippen LogP contribution in [0.15, 0.2) is 12.1 Å². The van der Waals surface area contributed by atoms with Crippen molar-refractivity contribution in [2.75, 3.05) is 19.6 Å². The van der Waals surface area contributed by atoms with Gasteiger partial charge in [-0.3, -0.25) is 4.90 Å². The quantitative estimate of drug-likeness (QED) is 0.660. The van der Waals surface area contributed by atoms with E-state index in [1.807, 2.05) is 6.07 Å². The van der Waals surface area contributed by atoms with E-state index in [0.29, 0.717) is 11.1 Å². The van der Waals surface area contributed by atoms with Crippen molar-refractivity contribution in [1.29, 1.82) is 0 Å². The first-order valence-corrected chi connectivity index (χ1v) is 6.70. The fourth-order valence-electron chi connectivity index (χ4n) is 3.66. The number of fused-ring (bicyclic) bond motifs is 3. The summed E-state index contributed by atoms with van der Waals surface area (Å²) < 4.78 is 6.21. The van der Waals surface area contributed by atoms with Crippen LogP contribution < -0.4 is 4.74 Å². The van der Waals surface area contributed by atoms with E-state index in [1.165, 1.54) is 31.5 Å².